The molecule has 0 spiro atoms. The summed E-state index contributed by atoms with van der Waals surface area (Å²) in [5.41, 5.74) is 0.982. The van der Waals surface area contributed by atoms with Crippen molar-refractivity contribution < 1.29 is 4.79 Å². The Morgan fingerprint density at radius 2 is 1.92 bits per heavy atom. The van der Waals surface area contributed by atoms with Crippen LogP contribution >= 0.6 is 0 Å². The highest BCUT2D eigenvalue weighted by atomic mass is 16.2. The van der Waals surface area contributed by atoms with Gasteiger partial charge in [-0.05, 0) is 31.5 Å². The van der Waals surface area contributed by atoms with Gasteiger partial charge in [0, 0.05) is 19.2 Å². The lowest BCUT2D eigenvalue weighted by atomic mass is 9.86. The minimum atomic E-state index is -0.588. The van der Waals surface area contributed by atoms with Crippen molar-refractivity contribution in [1.82, 2.24) is 19.6 Å². The van der Waals surface area contributed by atoms with Crippen LogP contribution in [0.25, 0.3) is 5.78 Å². The fraction of sp³-hybridized carbons (Fsp3) is 0.235. The van der Waals surface area contributed by atoms with E-state index in [0.29, 0.717) is 17.3 Å². The fourth-order valence-electron chi connectivity index (χ4n) is 2.46. The maximum atomic E-state index is 12.2. The summed E-state index contributed by atoms with van der Waals surface area (Å²) in [5, 5.41) is 13.4. The summed E-state index contributed by atoms with van der Waals surface area (Å²) >= 11 is 0. The van der Waals surface area contributed by atoms with E-state index in [1.165, 1.54) is 22.7 Å². The lowest BCUT2D eigenvalue weighted by Gasteiger charge is -2.23. The van der Waals surface area contributed by atoms with E-state index in [-0.39, 0.29) is 5.91 Å². The Morgan fingerprint density at radius 3 is 2.54 bits per heavy atom. The molecule has 7 nitrogen and oxygen atoms in total. The molecule has 0 atom stereocenters. The average Bonchev–Trinajstić information content (AvgIpc) is 3.05. The third-order valence-electron chi connectivity index (χ3n) is 3.83. The Labute approximate surface area is 139 Å². The van der Waals surface area contributed by atoms with E-state index >= 15 is 0 Å². The number of nitrogens with zero attached hydrogens (tertiary/aromatic N) is 6. The quantitative estimate of drug-likeness (QED) is 0.740. The summed E-state index contributed by atoms with van der Waals surface area (Å²) < 4.78 is 1.51. The molecule has 7 heteroatoms. The SMILES string of the molecule is CC(=O)N(c1ccc(C(C)(C)C#N)cc1)c1ccnc2ncnn12. The summed E-state index contributed by atoms with van der Waals surface area (Å²) in [7, 11) is 0. The van der Waals surface area contributed by atoms with E-state index in [0.717, 1.165) is 5.56 Å². The summed E-state index contributed by atoms with van der Waals surface area (Å²) in [6.45, 7) is 5.19. The van der Waals surface area contributed by atoms with Crippen LogP contribution in [-0.2, 0) is 10.2 Å². The number of hydrogen-bond donors (Lipinski definition) is 0. The molecular formula is C17H16N6O. The van der Waals surface area contributed by atoms with Crippen molar-refractivity contribution >= 4 is 23.2 Å². The Morgan fingerprint density at radius 1 is 1.21 bits per heavy atom. The molecule has 0 aliphatic heterocycles. The van der Waals surface area contributed by atoms with Crippen LogP contribution in [0.1, 0.15) is 26.3 Å². The average molecular weight is 320 g/mol. The normalized spacial score (nSPS) is 11.2. The minimum Gasteiger partial charge on any atom is -0.274 e. The number of carbonyl (C=O) groups is 1. The van der Waals surface area contributed by atoms with Crippen LogP contribution in [0.15, 0.2) is 42.9 Å². The standard InChI is InChI=1S/C17H16N6O/c1-12(24)22(15-8-9-19-16-20-11-21-23(15)16)14-6-4-13(5-7-14)17(2,3)10-18/h4-9,11H,1-3H3. The maximum Gasteiger partial charge on any atom is 0.254 e. The number of nitriles is 1. The van der Waals surface area contributed by atoms with Gasteiger partial charge in [-0.15, -0.1) is 0 Å². The zero-order valence-electron chi connectivity index (χ0n) is 13.6. The summed E-state index contributed by atoms with van der Waals surface area (Å²) in [6.07, 6.45) is 2.98. The van der Waals surface area contributed by atoms with Gasteiger partial charge in [-0.2, -0.15) is 19.9 Å². The zero-order chi connectivity index (χ0) is 17.3. The Kier molecular flexibility index (Phi) is 3.73. The van der Waals surface area contributed by atoms with Gasteiger partial charge in [-0.3, -0.25) is 9.69 Å². The topological polar surface area (TPSA) is 87.2 Å². The molecule has 0 radical (unpaired) electrons. The molecule has 2 heterocycles. The van der Waals surface area contributed by atoms with Crippen LogP contribution < -0.4 is 4.90 Å². The third kappa shape index (κ3) is 2.58. The van der Waals surface area contributed by atoms with E-state index in [2.05, 4.69) is 21.1 Å². The molecule has 0 fully saturated rings. The van der Waals surface area contributed by atoms with Crippen molar-refractivity contribution in [3.05, 3.63) is 48.4 Å². The van der Waals surface area contributed by atoms with Crippen molar-refractivity contribution in [3.63, 3.8) is 0 Å². The highest BCUT2D eigenvalue weighted by Gasteiger charge is 2.22. The van der Waals surface area contributed by atoms with Crippen molar-refractivity contribution in [2.75, 3.05) is 4.90 Å². The first kappa shape index (κ1) is 15.6. The lowest BCUT2D eigenvalue weighted by molar-refractivity contribution is -0.115. The molecule has 0 aliphatic carbocycles. The van der Waals surface area contributed by atoms with E-state index in [9.17, 15) is 10.1 Å². The molecule has 120 valence electrons. The van der Waals surface area contributed by atoms with Crippen molar-refractivity contribution in [1.29, 1.82) is 5.26 Å². The molecule has 0 bridgehead atoms. The number of anilines is 2. The van der Waals surface area contributed by atoms with Gasteiger partial charge in [0.25, 0.3) is 5.78 Å². The molecule has 0 aliphatic rings. The van der Waals surface area contributed by atoms with E-state index in [4.69, 9.17) is 0 Å². The molecule has 0 unspecified atom stereocenters. The molecule has 0 saturated heterocycles. The van der Waals surface area contributed by atoms with E-state index in [1.54, 1.807) is 12.3 Å². The van der Waals surface area contributed by atoms with E-state index in [1.807, 2.05) is 38.1 Å². The van der Waals surface area contributed by atoms with Gasteiger partial charge in [0.1, 0.15) is 12.1 Å². The van der Waals surface area contributed by atoms with Gasteiger partial charge >= 0.3 is 0 Å². The first-order chi connectivity index (χ1) is 11.4. The highest BCUT2D eigenvalue weighted by molar-refractivity contribution is 5.98. The van der Waals surface area contributed by atoms with Crippen LogP contribution in [0.3, 0.4) is 0 Å². The van der Waals surface area contributed by atoms with Crippen LogP contribution in [0.5, 0.6) is 0 Å². The van der Waals surface area contributed by atoms with Gasteiger partial charge in [0.15, 0.2) is 0 Å². The molecule has 0 N–H and O–H groups in total. The van der Waals surface area contributed by atoms with Gasteiger partial charge < -0.3 is 0 Å². The molecule has 3 rings (SSSR count). The molecule has 1 amide bonds. The van der Waals surface area contributed by atoms with Gasteiger partial charge in [-0.25, -0.2) is 4.98 Å². The molecule has 2 aromatic heterocycles. The summed E-state index contributed by atoms with van der Waals surface area (Å²) in [5.74, 6) is 0.809. The van der Waals surface area contributed by atoms with Crippen molar-refractivity contribution in [2.24, 2.45) is 0 Å². The predicted molar refractivity (Wildman–Crippen MR) is 88.7 cm³/mol. The molecular weight excluding hydrogens is 304 g/mol. The lowest BCUT2D eigenvalue weighted by Crippen LogP contribution is -2.25. The second-order valence-electron chi connectivity index (χ2n) is 5.91. The van der Waals surface area contributed by atoms with Crippen molar-refractivity contribution in [2.45, 2.75) is 26.2 Å². The summed E-state index contributed by atoms with van der Waals surface area (Å²) in [6, 6.07) is 11.3. The van der Waals surface area contributed by atoms with Crippen LogP contribution in [0, 0.1) is 11.3 Å². The predicted octanol–water partition coefficient (Wildman–Crippen LogP) is 2.61. The Bertz CT molecular complexity index is 936. The summed E-state index contributed by atoms with van der Waals surface area (Å²) in [4.78, 5) is 21.9. The molecule has 3 aromatic rings. The smallest absolute Gasteiger partial charge is 0.254 e. The molecule has 1 aromatic carbocycles. The van der Waals surface area contributed by atoms with Crippen LogP contribution in [-0.4, -0.2) is 25.5 Å². The largest absolute Gasteiger partial charge is 0.274 e. The fourth-order valence-corrected chi connectivity index (χ4v) is 2.46. The minimum absolute atomic E-state index is 0.162. The second-order valence-corrected chi connectivity index (χ2v) is 5.91. The van der Waals surface area contributed by atoms with Gasteiger partial charge in [0.05, 0.1) is 17.2 Å². The number of benzene rings is 1. The second kappa shape index (κ2) is 5.74. The van der Waals surface area contributed by atoms with E-state index < -0.39 is 5.41 Å². The Hall–Kier alpha value is -3.27. The number of carbonyl (C=O) groups excluding carboxylic acids is 1. The van der Waals surface area contributed by atoms with Gasteiger partial charge in [0.2, 0.25) is 5.91 Å². The Balaban J connectivity index is 2.09. The molecule has 24 heavy (non-hydrogen) atoms. The zero-order valence-corrected chi connectivity index (χ0v) is 13.6. The van der Waals surface area contributed by atoms with Crippen molar-refractivity contribution in [3.8, 4) is 6.07 Å². The first-order valence-electron chi connectivity index (χ1n) is 7.41. The number of rotatable bonds is 3. The van der Waals surface area contributed by atoms with Gasteiger partial charge in [-0.1, -0.05) is 12.1 Å². The first-order valence-corrected chi connectivity index (χ1v) is 7.41. The number of amides is 1. The van der Waals surface area contributed by atoms with Crippen LogP contribution in [0.2, 0.25) is 0 Å². The number of hydrogen-bond acceptors (Lipinski definition) is 5. The van der Waals surface area contributed by atoms with Crippen LogP contribution in [0.4, 0.5) is 11.5 Å². The maximum absolute atomic E-state index is 12.2. The number of fused-ring (bicyclic) bond motifs is 1. The number of aromatic nitrogens is 4. The molecule has 0 saturated carbocycles. The highest BCUT2D eigenvalue weighted by Crippen LogP contribution is 2.29. The third-order valence-corrected chi connectivity index (χ3v) is 3.83. The monoisotopic (exact) mass is 320 g/mol.